The first-order valence-corrected chi connectivity index (χ1v) is 11.1. The lowest BCUT2D eigenvalue weighted by Gasteiger charge is -2.16. The van der Waals surface area contributed by atoms with Crippen molar-refractivity contribution < 1.29 is 27.3 Å². The van der Waals surface area contributed by atoms with Crippen LogP contribution < -0.4 is 0 Å². The van der Waals surface area contributed by atoms with Crippen LogP contribution in [0.1, 0.15) is 38.2 Å². The lowest BCUT2D eigenvalue weighted by molar-refractivity contribution is 0.356. The van der Waals surface area contributed by atoms with E-state index in [1.54, 1.807) is 0 Å². The van der Waals surface area contributed by atoms with E-state index in [1.807, 2.05) is 31.2 Å². The van der Waals surface area contributed by atoms with Gasteiger partial charge in [-0.3, -0.25) is 9.12 Å². The van der Waals surface area contributed by atoms with Gasteiger partial charge in [0.2, 0.25) is 0 Å². The Bertz CT molecular complexity index is 678. The van der Waals surface area contributed by atoms with Crippen LogP contribution in [0, 0.1) is 0 Å². The summed E-state index contributed by atoms with van der Waals surface area (Å²) in [7, 11) is -8.98. The van der Waals surface area contributed by atoms with Gasteiger partial charge in [-0.25, -0.2) is 0 Å². The second kappa shape index (κ2) is 9.49. The quantitative estimate of drug-likeness (QED) is 0.328. The van der Waals surface area contributed by atoms with Crippen molar-refractivity contribution >= 4 is 17.7 Å². The van der Waals surface area contributed by atoms with Gasteiger partial charge in [-0.15, -0.1) is 0 Å². The van der Waals surface area contributed by atoms with Crippen molar-refractivity contribution in [2.45, 2.75) is 44.7 Å². The predicted octanol–water partition coefficient (Wildman–Crippen LogP) is 3.17. The van der Waals surface area contributed by atoms with Crippen LogP contribution in [0.25, 0.3) is 0 Å². The van der Waals surface area contributed by atoms with E-state index >= 15 is 0 Å². The molecule has 1 aromatic carbocycles. The Hall–Kier alpha value is -0.980. The van der Waals surface area contributed by atoms with Gasteiger partial charge in [-0.1, -0.05) is 42.0 Å². The number of aryl methyl sites for hydroxylation is 1. The summed E-state index contributed by atoms with van der Waals surface area (Å²) in [6.45, 7) is 1.94. The third-order valence-corrected chi connectivity index (χ3v) is 6.21. The first-order valence-electron chi connectivity index (χ1n) is 7.78. The van der Waals surface area contributed by atoms with Gasteiger partial charge in [0.05, 0.1) is 11.4 Å². The maximum absolute atomic E-state index is 11.3. The maximum Gasteiger partial charge on any atom is 0.329 e. The van der Waals surface area contributed by atoms with Gasteiger partial charge in [-0.2, -0.15) is 8.42 Å². The van der Waals surface area contributed by atoms with Gasteiger partial charge in [-0.05, 0) is 44.6 Å². The molecule has 24 heavy (non-hydrogen) atoms. The fraction of sp³-hybridized carbons (Fsp3) is 0.500. The van der Waals surface area contributed by atoms with Crippen LogP contribution in [-0.2, 0) is 21.1 Å². The molecule has 3 N–H and O–H groups in total. The summed E-state index contributed by atoms with van der Waals surface area (Å²) in [5.74, 6) is -0.918. The predicted molar refractivity (Wildman–Crippen MR) is 94.6 cm³/mol. The van der Waals surface area contributed by atoms with Crippen LogP contribution in [0.2, 0.25) is 0 Å². The molecule has 1 rings (SSSR count). The van der Waals surface area contributed by atoms with Gasteiger partial charge in [0.1, 0.15) is 0 Å². The summed E-state index contributed by atoms with van der Waals surface area (Å²) in [6.07, 6.45) is 5.05. The summed E-state index contributed by atoms with van der Waals surface area (Å²) < 4.78 is 41.8. The lowest BCUT2D eigenvalue weighted by Crippen LogP contribution is -2.20. The van der Waals surface area contributed by atoms with Crippen molar-refractivity contribution in [3.63, 3.8) is 0 Å². The molecule has 136 valence electrons. The first kappa shape index (κ1) is 21.1. The van der Waals surface area contributed by atoms with Crippen molar-refractivity contribution in [1.82, 2.24) is 0 Å². The summed E-state index contributed by atoms with van der Waals surface area (Å²) in [4.78, 5) is 18.4. The smallest absolute Gasteiger partial charge is 0.324 e. The number of hydrogen-bond donors (Lipinski definition) is 3. The minimum atomic E-state index is -4.56. The zero-order valence-corrected chi connectivity index (χ0v) is 15.4. The van der Waals surface area contributed by atoms with E-state index in [0.29, 0.717) is 6.42 Å². The third kappa shape index (κ3) is 9.35. The Kier molecular flexibility index (Phi) is 8.33. The molecular weight excluding hydrogens is 351 g/mol. The average molecular weight is 376 g/mol. The van der Waals surface area contributed by atoms with E-state index in [-0.39, 0.29) is 6.42 Å². The highest BCUT2D eigenvalue weighted by Crippen LogP contribution is 2.44. The van der Waals surface area contributed by atoms with Gasteiger partial charge < -0.3 is 9.79 Å². The summed E-state index contributed by atoms with van der Waals surface area (Å²) >= 11 is 0. The zero-order chi connectivity index (χ0) is 18.2. The zero-order valence-electron chi connectivity index (χ0n) is 13.7. The molecule has 0 amide bonds. The lowest BCUT2D eigenvalue weighted by atomic mass is 10.0. The summed E-state index contributed by atoms with van der Waals surface area (Å²) in [5, 5.41) is 0. The van der Waals surface area contributed by atoms with Crippen LogP contribution in [0.3, 0.4) is 0 Å². The minimum absolute atomic E-state index is 0.0140. The number of benzene rings is 1. The third-order valence-electron chi connectivity index (χ3n) is 3.75. The van der Waals surface area contributed by atoms with Gasteiger partial charge in [0.15, 0.2) is 0 Å². The topological polar surface area (TPSA) is 112 Å². The van der Waals surface area contributed by atoms with Gasteiger partial charge >= 0.3 is 7.60 Å². The largest absolute Gasteiger partial charge is 0.329 e. The molecule has 0 aliphatic rings. The second-order valence-electron chi connectivity index (χ2n) is 5.96. The van der Waals surface area contributed by atoms with Crippen LogP contribution in [-0.4, -0.2) is 34.2 Å². The van der Waals surface area contributed by atoms with E-state index in [4.69, 9.17) is 4.55 Å². The molecule has 1 atom stereocenters. The summed E-state index contributed by atoms with van der Waals surface area (Å²) in [5.41, 5.74) is 0.989. The molecule has 0 fully saturated rings. The monoisotopic (exact) mass is 376 g/mol. The highest BCUT2D eigenvalue weighted by Gasteiger charge is 2.32. The Labute approximate surface area is 143 Å². The molecule has 0 aliphatic heterocycles. The molecule has 0 aromatic heterocycles. The van der Waals surface area contributed by atoms with Crippen molar-refractivity contribution in [1.29, 1.82) is 0 Å². The van der Waals surface area contributed by atoms with E-state index in [9.17, 15) is 22.8 Å². The maximum atomic E-state index is 11.3. The normalized spacial score (nSPS) is 14.6. The molecule has 0 spiro atoms. The summed E-state index contributed by atoms with van der Waals surface area (Å²) in [6, 6.07) is 10.1. The molecule has 0 saturated carbocycles. The molecule has 0 saturated heterocycles. The average Bonchev–Trinajstić information content (AvgIpc) is 2.45. The van der Waals surface area contributed by atoms with Crippen molar-refractivity contribution in [2.24, 2.45) is 0 Å². The van der Waals surface area contributed by atoms with Crippen LogP contribution >= 0.6 is 7.60 Å². The Morgan fingerprint density at radius 1 is 1.25 bits per heavy atom. The van der Waals surface area contributed by atoms with Gasteiger partial charge in [0, 0.05) is 0 Å². The standard InChI is InChI=1S/C16H25O6PS/c1-14(7-5-11-15-9-3-2-4-10-15)8-6-12-16(23(17,18)19)13-24(20,21)22/h2-4,8-10,16H,5-7,11-13H2,1H3,(H2,17,18,19)(H,20,21,22). The molecule has 0 bridgehead atoms. The fourth-order valence-electron chi connectivity index (χ4n) is 2.43. The Morgan fingerprint density at radius 3 is 2.42 bits per heavy atom. The van der Waals surface area contributed by atoms with Crippen LogP contribution in [0.5, 0.6) is 0 Å². The molecule has 0 aliphatic carbocycles. The number of allylic oxidation sites excluding steroid dienone is 2. The molecule has 1 unspecified atom stereocenters. The van der Waals surface area contributed by atoms with E-state index in [0.717, 1.165) is 24.8 Å². The fourth-order valence-corrected chi connectivity index (χ4v) is 4.91. The molecule has 6 nitrogen and oxygen atoms in total. The number of hydrogen-bond acceptors (Lipinski definition) is 3. The molecular formula is C16H25O6PS. The van der Waals surface area contributed by atoms with Gasteiger partial charge in [0.25, 0.3) is 10.1 Å². The minimum Gasteiger partial charge on any atom is -0.324 e. The molecule has 0 radical (unpaired) electrons. The van der Waals surface area contributed by atoms with Crippen LogP contribution in [0.4, 0.5) is 0 Å². The second-order valence-corrected chi connectivity index (χ2v) is 9.36. The number of rotatable bonds is 10. The van der Waals surface area contributed by atoms with Crippen molar-refractivity contribution in [3.05, 3.63) is 47.5 Å². The van der Waals surface area contributed by atoms with Crippen LogP contribution in [0.15, 0.2) is 42.0 Å². The van der Waals surface area contributed by atoms with E-state index < -0.39 is 29.1 Å². The molecule has 0 heterocycles. The SMILES string of the molecule is CC(=CCCC(CS(=O)(=O)O)P(=O)(O)O)CCCc1ccccc1. The highest BCUT2D eigenvalue weighted by molar-refractivity contribution is 7.86. The Balaban J connectivity index is 2.44. The molecule has 1 aromatic rings. The van der Waals surface area contributed by atoms with E-state index in [2.05, 4.69) is 12.1 Å². The van der Waals surface area contributed by atoms with Crippen molar-refractivity contribution in [2.75, 3.05) is 5.75 Å². The van der Waals surface area contributed by atoms with E-state index in [1.165, 1.54) is 5.56 Å². The Morgan fingerprint density at radius 2 is 1.88 bits per heavy atom. The molecule has 8 heteroatoms. The highest BCUT2D eigenvalue weighted by atomic mass is 32.2. The first-order chi connectivity index (χ1) is 11.1. The van der Waals surface area contributed by atoms with Crippen molar-refractivity contribution in [3.8, 4) is 0 Å².